The largest absolute Gasteiger partial charge is 0.299 e. The Morgan fingerprint density at radius 1 is 0.929 bits per heavy atom. The number of likely N-dealkylation sites (tertiary alicyclic amines) is 1. The van der Waals surface area contributed by atoms with Crippen LogP contribution in [0.2, 0.25) is 0 Å². The quantitative estimate of drug-likeness (QED) is 0.705. The van der Waals surface area contributed by atoms with Gasteiger partial charge in [0.15, 0.2) is 0 Å². The van der Waals surface area contributed by atoms with Gasteiger partial charge in [-0.05, 0) is 37.8 Å². The van der Waals surface area contributed by atoms with Crippen LogP contribution in [0.15, 0.2) is 0 Å². The molecule has 1 fully saturated rings. The third-order valence-electron chi connectivity index (χ3n) is 3.28. The zero-order valence-electron chi connectivity index (χ0n) is 10.0. The third-order valence-corrected chi connectivity index (χ3v) is 4.18. The summed E-state index contributed by atoms with van der Waals surface area (Å²) < 4.78 is 0. The van der Waals surface area contributed by atoms with Crippen molar-refractivity contribution in [1.82, 2.24) is 4.90 Å². The van der Waals surface area contributed by atoms with Gasteiger partial charge in [-0.15, -0.1) is 0 Å². The lowest BCUT2D eigenvalue weighted by Gasteiger charge is -2.37. The molecule has 0 unspecified atom stereocenters. The first-order valence-corrected chi connectivity index (χ1v) is 6.47. The van der Waals surface area contributed by atoms with Gasteiger partial charge in [-0.3, -0.25) is 4.90 Å². The SMILES string of the molecule is CC(C)[C@@H](S)[C@H](C(C)C)N1CCCC1. The molecule has 0 bridgehead atoms. The lowest BCUT2D eigenvalue weighted by Crippen LogP contribution is -2.45. The van der Waals surface area contributed by atoms with Crippen molar-refractivity contribution in [2.45, 2.75) is 51.8 Å². The maximum absolute atomic E-state index is 4.79. The summed E-state index contributed by atoms with van der Waals surface area (Å²) in [6, 6.07) is 0.667. The minimum atomic E-state index is 0.521. The second kappa shape index (κ2) is 5.41. The molecule has 0 spiro atoms. The smallest absolute Gasteiger partial charge is 0.0237 e. The monoisotopic (exact) mass is 215 g/mol. The van der Waals surface area contributed by atoms with E-state index in [1.54, 1.807) is 0 Å². The highest BCUT2D eigenvalue weighted by molar-refractivity contribution is 7.81. The molecule has 0 saturated carbocycles. The van der Waals surface area contributed by atoms with Gasteiger partial charge in [0.25, 0.3) is 0 Å². The van der Waals surface area contributed by atoms with Gasteiger partial charge in [-0.2, -0.15) is 12.6 Å². The Bertz CT molecular complexity index is 160. The van der Waals surface area contributed by atoms with Gasteiger partial charge >= 0.3 is 0 Å². The van der Waals surface area contributed by atoms with Crippen LogP contribution in [0.3, 0.4) is 0 Å². The predicted molar refractivity (Wildman–Crippen MR) is 67.0 cm³/mol. The lowest BCUT2D eigenvalue weighted by molar-refractivity contribution is 0.172. The fraction of sp³-hybridized carbons (Fsp3) is 1.00. The van der Waals surface area contributed by atoms with Crippen molar-refractivity contribution in [2.75, 3.05) is 13.1 Å². The van der Waals surface area contributed by atoms with E-state index in [4.69, 9.17) is 12.6 Å². The van der Waals surface area contributed by atoms with Crippen molar-refractivity contribution in [3.8, 4) is 0 Å². The Balaban J connectivity index is 2.62. The molecule has 2 atom stereocenters. The molecular formula is C12H25NS. The molecule has 2 heteroatoms. The molecular weight excluding hydrogens is 190 g/mol. The maximum atomic E-state index is 4.79. The fourth-order valence-electron chi connectivity index (χ4n) is 2.47. The third kappa shape index (κ3) is 2.90. The molecule has 0 aliphatic carbocycles. The van der Waals surface area contributed by atoms with E-state index in [0.717, 1.165) is 5.92 Å². The molecule has 1 nitrogen and oxygen atoms in total. The fourth-order valence-corrected chi connectivity index (χ4v) is 3.00. The minimum absolute atomic E-state index is 0.521. The lowest BCUT2D eigenvalue weighted by atomic mass is 9.92. The zero-order chi connectivity index (χ0) is 10.7. The molecule has 0 radical (unpaired) electrons. The zero-order valence-corrected chi connectivity index (χ0v) is 10.9. The number of thiol groups is 1. The van der Waals surface area contributed by atoms with Crippen molar-refractivity contribution < 1.29 is 0 Å². The molecule has 84 valence electrons. The Kier molecular flexibility index (Phi) is 4.78. The highest BCUT2D eigenvalue weighted by atomic mass is 32.1. The number of hydrogen-bond acceptors (Lipinski definition) is 2. The van der Waals surface area contributed by atoms with Gasteiger partial charge in [0.05, 0.1) is 0 Å². The standard InChI is InChI=1S/C12H25NS/c1-9(2)11(12(14)10(3)4)13-7-5-6-8-13/h9-12,14H,5-8H2,1-4H3/t11-,12+/m0/s1. The normalized spacial score (nSPS) is 23.4. The van der Waals surface area contributed by atoms with Crippen LogP contribution in [0.1, 0.15) is 40.5 Å². The summed E-state index contributed by atoms with van der Waals surface area (Å²) in [6.07, 6.45) is 2.75. The molecule has 0 N–H and O–H groups in total. The van der Waals surface area contributed by atoms with Crippen LogP contribution < -0.4 is 0 Å². The first-order chi connectivity index (χ1) is 6.54. The summed E-state index contributed by atoms with van der Waals surface area (Å²) in [5.41, 5.74) is 0. The van der Waals surface area contributed by atoms with Crippen LogP contribution in [0.25, 0.3) is 0 Å². The molecule has 1 heterocycles. The second-order valence-electron chi connectivity index (χ2n) is 5.21. The summed E-state index contributed by atoms with van der Waals surface area (Å²) in [7, 11) is 0. The van der Waals surface area contributed by atoms with Gasteiger partial charge < -0.3 is 0 Å². The number of nitrogens with zero attached hydrogens (tertiary/aromatic N) is 1. The molecule has 1 rings (SSSR count). The molecule has 1 aliphatic rings. The molecule has 14 heavy (non-hydrogen) atoms. The van der Waals surface area contributed by atoms with Crippen molar-refractivity contribution >= 4 is 12.6 Å². The van der Waals surface area contributed by atoms with Crippen molar-refractivity contribution in [2.24, 2.45) is 11.8 Å². The summed E-state index contributed by atoms with van der Waals surface area (Å²) in [5.74, 6) is 1.39. The van der Waals surface area contributed by atoms with Crippen LogP contribution in [-0.2, 0) is 0 Å². The van der Waals surface area contributed by atoms with Crippen LogP contribution in [0.5, 0.6) is 0 Å². The Morgan fingerprint density at radius 2 is 1.43 bits per heavy atom. The van der Waals surface area contributed by atoms with E-state index < -0.39 is 0 Å². The summed E-state index contributed by atoms with van der Waals surface area (Å²) in [4.78, 5) is 2.64. The van der Waals surface area contributed by atoms with E-state index in [1.807, 2.05) is 0 Å². The Hall–Kier alpha value is 0.310. The van der Waals surface area contributed by atoms with E-state index in [-0.39, 0.29) is 0 Å². The first-order valence-electron chi connectivity index (χ1n) is 5.96. The number of hydrogen-bond donors (Lipinski definition) is 1. The van der Waals surface area contributed by atoms with Crippen LogP contribution in [-0.4, -0.2) is 29.3 Å². The molecule has 0 aromatic heterocycles. The van der Waals surface area contributed by atoms with Gasteiger partial charge in [0.2, 0.25) is 0 Å². The first kappa shape index (κ1) is 12.4. The average molecular weight is 215 g/mol. The molecule has 0 aromatic rings. The second-order valence-corrected chi connectivity index (χ2v) is 5.81. The summed E-state index contributed by atoms with van der Waals surface area (Å²) in [6.45, 7) is 11.8. The van der Waals surface area contributed by atoms with E-state index in [2.05, 4.69) is 32.6 Å². The van der Waals surface area contributed by atoms with Gasteiger partial charge in [-0.25, -0.2) is 0 Å². The highest BCUT2D eigenvalue weighted by Crippen LogP contribution is 2.27. The molecule has 1 saturated heterocycles. The van der Waals surface area contributed by atoms with E-state index in [0.29, 0.717) is 17.2 Å². The molecule has 0 aromatic carbocycles. The van der Waals surface area contributed by atoms with Crippen molar-refractivity contribution in [3.63, 3.8) is 0 Å². The summed E-state index contributed by atoms with van der Waals surface area (Å²) in [5, 5.41) is 0.521. The molecule has 0 amide bonds. The van der Waals surface area contributed by atoms with Crippen molar-refractivity contribution in [1.29, 1.82) is 0 Å². The average Bonchev–Trinajstić information content (AvgIpc) is 2.56. The highest BCUT2D eigenvalue weighted by Gasteiger charge is 2.31. The Labute approximate surface area is 94.7 Å². The Morgan fingerprint density at radius 3 is 1.79 bits per heavy atom. The van der Waals surface area contributed by atoms with Crippen LogP contribution in [0.4, 0.5) is 0 Å². The van der Waals surface area contributed by atoms with Gasteiger partial charge in [0, 0.05) is 11.3 Å². The predicted octanol–water partition coefficient (Wildman–Crippen LogP) is 3.06. The van der Waals surface area contributed by atoms with E-state index in [9.17, 15) is 0 Å². The van der Waals surface area contributed by atoms with Gasteiger partial charge in [0.1, 0.15) is 0 Å². The maximum Gasteiger partial charge on any atom is 0.0237 e. The molecule has 1 aliphatic heterocycles. The van der Waals surface area contributed by atoms with Crippen molar-refractivity contribution in [3.05, 3.63) is 0 Å². The van der Waals surface area contributed by atoms with E-state index >= 15 is 0 Å². The van der Waals surface area contributed by atoms with Gasteiger partial charge in [-0.1, -0.05) is 27.7 Å². The summed E-state index contributed by atoms with van der Waals surface area (Å²) >= 11 is 4.79. The number of rotatable bonds is 4. The topological polar surface area (TPSA) is 3.24 Å². The minimum Gasteiger partial charge on any atom is -0.299 e. The van der Waals surface area contributed by atoms with Crippen LogP contribution >= 0.6 is 12.6 Å². The van der Waals surface area contributed by atoms with Crippen LogP contribution in [0, 0.1) is 11.8 Å². The van der Waals surface area contributed by atoms with E-state index in [1.165, 1.54) is 25.9 Å².